The van der Waals surface area contributed by atoms with Gasteiger partial charge in [0.1, 0.15) is 11.6 Å². The second kappa shape index (κ2) is 8.08. The van der Waals surface area contributed by atoms with Crippen molar-refractivity contribution in [2.24, 2.45) is 0 Å². The van der Waals surface area contributed by atoms with Crippen LogP contribution in [0.25, 0.3) is 17.1 Å². The van der Waals surface area contributed by atoms with Gasteiger partial charge in [-0.05, 0) is 36.4 Å². The Morgan fingerprint density at radius 2 is 1.61 bits per heavy atom. The molecule has 2 aromatic carbocycles. The number of para-hydroxylation sites is 1. The maximum absolute atomic E-state index is 14.0. The molecule has 2 heterocycles. The molecular formula is C20H13ClF2N4S. The van der Waals surface area contributed by atoms with Crippen molar-refractivity contribution in [3.8, 4) is 17.1 Å². The fraction of sp³-hybridized carbons (Fsp3) is 0.0500. The Labute approximate surface area is 169 Å². The molecular weight excluding hydrogens is 402 g/mol. The van der Waals surface area contributed by atoms with Crippen molar-refractivity contribution < 1.29 is 8.78 Å². The van der Waals surface area contributed by atoms with Gasteiger partial charge in [-0.2, -0.15) is 0 Å². The molecule has 0 aliphatic rings. The van der Waals surface area contributed by atoms with E-state index < -0.39 is 11.6 Å². The number of halogens is 3. The van der Waals surface area contributed by atoms with Crippen LogP contribution in [0.5, 0.6) is 0 Å². The third-order valence-electron chi connectivity index (χ3n) is 4.07. The van der Waals surface area contributed by atoms with Crippen molar-refractivity contribution in [1.82, 2.24) is 19.7 Å². The highest BCUT2D eigenvalue weighted by atomic mass is 35.5. The van der Waals surface area contributed by atoms with Gasteiger partial charge in [-0.1, -0.05) is 41.6 Å². The molecule has 8 heteroatoms. The largest absolute Gasteiger partial charge is 0.268 e. The number of nitrogens with zero attached hydrogens (tertiary/aromatic N) is 4. The van der Waals surface area contributed by atoms with Crippen LogP contribution in [-0.2, 0) is 5.75 Å². The summed E-state index contributed by atoms with van der Waals surface area (Å²) in [6.07, 6.45) is 3.31. The molecule has 0 N–H and O–H groups in total. The van der Waals surface area contributed by atoms with Gasteiger partial charge < -0.3 is 0 Å². The lowest BCUT2D eigenvalue weighted by atomic mass is 10.2. The molecule has 0 saturated carbocycles. The summed E-state index contributed by atoms with van der Waals surface area (Å²) >= 11 is 7.58. The van der Waals surface area contributed by atoms with Crippen molar-refractivity contribution in [1.29, 1.82) is 0 Å². The zero-order chi connectivity index (χ0) is 19.5. The molecule has 0 amide bonds. The van der Waals surface area contributed by atoms with E-state index in [0.29, 0.717) is 21.7 Å². The predicted octanol–water partition coefficient (Wildman–Crippen LogP) is 5.55. The van der Waals surface area contributed by atoms with Crippen LogP contribution in [0.2, 0.25) is 5.02 Å². The van der Waals surface area contributed by atoms with Gasteiger partial charge in [-0.25, -0.2) is 8.78 Å². The van der Waals surface area contributed by atoms with Crippen LogP contribution in [0.15, 0.2) is 72.1 Å². The Balaban J connectivity index is 1.78. The minimum absolute atomic E-state index is 0.00771. The molecule has 0 atom stereocenters. The summed E-state index contributed by atoms with van der Waals surface area (Å²) in [5.74, 6) is -0.555. The van der Waals surface area contributed by atoms with Gasteiger partial charge in [-0.15, -0.1) is 10.2 Å². The average molecular weight is 415 g/mol. The summed E-state index contributed by atoms with van der Waals surface area (Å²) < 4.78 is 29.8. The molecule has 4 nitrogen and oxygen atoms in total. The average Bonchev–Trinajstić information content (AvgIpc) is 3.12. The zero-order valence-electron chi connectivity index (χ0n) is 14.4. The number of thioether (sulfide) groups is 1. The Morgan fingerprint density at radius 1 is 0.893 bits per heavy atom. The van der Waals surface area contributed by atoms with Crippen LogP contribution in [0.4, 0.5) is 8.78 Å². The Bertz CT molecular complexity index is 1100. The van der Waals surface area contributed by atoms with E-state index in [2.05, 4.69) is 15.2 Å². The molecule has 0 radical (unpaired) electrons. The summed E-state index contributed by atoms with van der Waals surface area (Å²) in [7, 11) is 0. The van der Waals surface area contributed by atoms with Crippen LogP contribution in [0.1, 0.15) is 5.56 Å². The molecule has 2 aromatic heterocycles. The molecule has 0 unspecified atom stereocenters. The van der Waals surface area contributed by atoms with Crippen molar-refractivity contribution in [2.75, 3.05) is 0 Å². The van der Waals surface area contributed by atoms with Crippen LogP contribution >= 0.6 is 23.4 Å². The molecule has 4 aromatic rings. The van der Waals surface area contributed by atoms with E-state index in [1.807, 2.05) is 30.3 Å². The van der Waals surface area contributed by atoms with Gasteiger partial charge in [0.25, 0.3) is 0 Å². The molecule has 140 valence electrons. The van der Waals surface area contributed by atoms with Crippen LogP contribution in [0.3, 0.4) is 0 Å². The molecule has 0 aliphatic heterocycles. The monoisotopic (exact) mass is 414 g/mol. The van der Waals surface area contributed by atoms with Gasteiger partial charge >= 0.3 is 0 Å². The predicted molar refractivity (Wildman–Crippen MR) is 106 cm³/mol. The SMILES string of the molecule is Fc1cccc(F)c1CSc1nnc(-c2ccncc2)n1-c1ccccc1Cl. The lowest BCUT2D eigenvalue weighted by Gasteiger charge is -2.12. The molecule has 4 rings (SSSR count). The van der Waals surface area contributed by atoms with Gasteiger partial charge in [0.2, 0.25) is 0 Å². The third kappa shape index (κ3) is 3.63. The fourth-order valence-corrected chi connectivity index (χ4v) is 3.89. The second-order valence-electron chi connectivity index (χ2n) is 5.82. The molecule has 0 saturated heterocycles. The minimum Gasteiger partial charge on any atom is -0.268 e. The number of aromatic nitrogens is 4. The van der Waals surface area contributed by atoms with Gasteiger partial charge in [0.15, 0.2) is 11.0 Å². The summed E-state index contributed by atoms with van der Waals surface area (Å²) in [6, 6.07) is 14.7. The van der Waals surface area contributed by atoms with Crippen molar-refractivity contribution in [3.05, 3.63) is 89.2 Å². The molecule has 28 heavy (non-hydrogen) atoms. The van der Waals surface area contributed by atoms with Crippen molar-refractivity contribution >= 4 is 23.4 Å². The zero-order valence-corrected chi connectivity index (χ0v) is 16.0. The minimum atomic E-state index is -0.592. The lowest BCUT2D eigenvalue weighted by molar-refractivity contribution is 0.566. The smallest absolute Gasteiger partial charge is 0.196 e. The van der Waals surface area contributed by atoms with Crippen LogP contribution in [-0.4, -0.2) is 19.7 Å². The normalized spacial score (nSPS) is 11.0. The fourth-order valence-electron chi connectivity index (χ4n) is 2.71. The summed E-state index contributed by atoms with van der Waals surface area (Å²) in [4.78, 5) is 4.02. The Morgan fingerprint density at radius 3 is 2.32 bits per heavy atom. The third-order valence-corrected chi connectivity index (χ3v) is 5.35. The highest BCUT2D eigenvalue weighted by Crippen LogP contribution is 2.33. The first-order valence-corrected chi connectivity index (χ1v) is 9.68. The number of rotatable bonds is 5. The Kier molecular flexibility index (Phi) is 5.36. The Hall–Kier alpha value is -2.77. The van der Waals surface area contributed by atoms with E-state index >= 15 is 0 Å². The maximum Gasteiger partial charge on any atom is 0.196 e. The lowest BCUT2D eigenvalue weighted by Crippen LogP contribution is -2.01. The quantitative estimate of drug-likeness (QED) is 0.401. The molecule has 0 aliphatic carbocycles. The number of hydrogen-bond acceptors (Lipinski definition) is 4. The van der Waals surface area contributed by atoms with Gasteiger partial charge in [0.05, 0.1) is 10.7 Å². The second-order valence-corrected chi connectivity index (χ2v) is 7.17. The summed E-state index contributed by atoms with van der Waals surface area (Å²) in [5, 5.41) is 9.50. The van der Waals surface area contributed by atoms with Gasteiger partial charge in [0, 0.05) is 29.3 Å². The first-order valence-electron chi connectivity index (χ1n) is 8.31. The van der Waals surface area contributed by atoms with E-state index in [-0.39, 0.29) is 11.3 Å². The van der Waals surface area contributed by atoms with E-state index in [9.17, 15) is 8.78 Å². The van der Waals surface area contributed by atoms with Crippen LogP contribution < -0.4 is 0 Å². The van der Waals surface area contributed by atoms with E-state index in [1.165, 1.54) is 30.0 Å². The highest BCUT2D eigenvalue weighted by Gasteiger charge is 2.19. The molecule has 0 fully saturated rings. The number of pyridine rings is 1. The first-order chi connectivity index (χ1) is 13.6. The van der Waals surface area contributed by atoms with E-state index in [4.69, 9.17) is 11.6 Å². The number of benzene rings is 2. The van der Waals surface area contributed by atoms with E-state index in [1.54, 1.807) is 23.0 Å². The molecule has 0 spiro atoms. The maximum atomic E-state index is 14.0. The highest BCUT2D eigenvalue weighted by molar-refractivity contribution is 7.98. The standard InChI is InChI=1S/C20H13ClF2N4S/c21-15-4-1-2-7-18(15)27-19(13-8-10-24-11-9-13)25-26-20(27)28-12-14-16(22)5-3-6-17(14)23/h1-11H,12H2. The van der Waals surface area contributed by atoms with Crippen LogP contribution in [0, 0.1) is 11.6 Å². The summed E-state index contributed by atoms with van der Waals surface area (Å²) in [6.45, 7) is 0. The topological polar surface area (TPSA) is 43.6 Å². The summed E-state index contributed by atoms with van der Waals surface area (Å²) in [5.41, 5.74) is 1.47. The molecule has 0 bridgehead atoms. The van der Waals surface area contributed by atoms with Crippen molar-refractivity contribution in [2.45, 2.75) is 10.9 Å². The van der Waals surface area contributed by atoms with Crippen molar-refractivity contribution in [3.63, 3.8) is 0 Å². The van der Waals surface area contributed by atoms with Gasteiger partial charge in [-0.3, -0.25) is 9.55 Å². The first kappa shape index (κ1) is 18.6. The number of hydrogen-bond donors (Lipinski definition) is 0. The van der Waals surface area contributed by atoms with E-state index in [0.717, 1.165) is 5.56 Å².